The van der Waals surface area contributed by atoms with Crippen molar-refractivity contribution in [3.8, 4) is 11.8 Å². The Morgan fingerprint density at radius 2 is 2.09 bits per heavy atom. The van der Waals surface area contributed by atoms with E-state index in [-0.39, 0.29) is 11.3 Å². The third-order valence-corrected chi connectivity index (χ3v) is 3.21. The number of carbonyl (C=O) groups excluding carboxylic acids is 1. The molecule has 23 heavy (non-hydrogen) atoms. The Labute approximate surface area is 138 Å². The Balaban J connectivity index is 2.12. The number of phenols is 1. The number of nitriles is 1. The number of carbonyl (C=O) groups is 1. The SMILES string of the molecule is Cc1ccc(N/C=C(/C#N)C(=O)Nc2cccc(Cl)c2)c(O)c1. The van der Waals surface area contributed by atoms with Gasteiger partial charge in [0.05, 0.1) is 5.69 Å². The molecule has 0 saturated heterocycles. The molecule has 1 amide bonds. The van der Waals surface area contributed by atoms with Gasteiger partial charge in [-0.2, -0.15) is 5.26 Å². The van der Waals surface area contributed by atoms with Gasteiger partial charge in [0, 0.05) is 16.9 Å². The van der Waals surface area contributed by atoms with Gasteiger partial charge in [-0.25, -0.2) is 0 Å². The third kappa shape index (κ3) is 4.50. The fraction of sp³-hybridized carbons (Fsp3) is 0.0588. The summed E-state index contributed by atoms with van der Waals surface area (Å²) in [5.41, 5.74) is 1.65. The smallest absolute Gasteiger partial charge is 0.267 e. The molecule has 0 fully saturated rings. The summed E-state index contributed by atoms with van der Waals surface area (Å²) in [6.07, 6.45) is 1.24. The molecule has 2 rings (SSSR count). The Bertz CT molecular complexity index is 810. The third-order valence-electron chi connectivity index (χ3n) is 2.97. The maximum atomic E-state index is 12.1. The van der Waals surface area contributed by atoms with Crippen molar-refractivity contribution in [2.24, 2.45) is 0 Å². The van der Waals surface area contributed by atoms with Crippen molar-refractivity contribution in [2.75, 3.05) is 10.6 Å². The second kappa shape index (κ2) is 7.34. The lowest BCUT2D eigenvalue weighted by atomic mass is 10.2. The zero-order chi connectivity index (χ0) is 16.8. The molecular formula is C17H14ClN3O2. The molecule has 6 heteroatoms. The number of nitrogens with one attached hydrogen (secondary N) is 2. The molecule has 116 valence electrons. The number of nitrogens with zero attached hydrogens (tertiary/aromatic N) is 1. The fourth-order valence-electron chi connectivity index (χ4n) is 1.83. The highest BCUT2D eigenvalue weighted by Crippen LogP contribution is 2.24. The number of aryl methyl sites for hydroxylation is 1. The highest BCUT2D eigenvalue weighted by atomic mass is 35.5. The van der Waals surface area contributed by atoms with Gasteiger partial charge < -0.3 is 15.7 Å². The van der Waals surface area contributed by atoms with E-state index in [1.165, 1.54) is 6.20 Å². The van der Waals surface area contributed by atoms with Gasteiger partial charge in [-0.15, -0.1) is 0 Å². The minimum Gasteiger partial charge on any atom is -0.506 e. The molecule has 0 aliphatic carbocycles. The number of rotatable bonds is 4. The van der Waals surface area contributed by atoms with Crippen LogP contribution in [-0.4, -0.2) is 11.0 Å². The minimum absolute atomic E-state index is 0.0359. The van der Waals surface area contributed by atoms with Crippen molar-refractivity contribution in [3.05, 3.63) is 64.8 Å². The average molecular weight is 328 g/mol. The Morgan fingerprint density at radius 3 is 2.74 bits per heavy atom. The average Bonchev–Trinajstić information content (AvgIpc) is 2.49. The van der Waals surface area contributed by atoms with E-state index in [2.05, 4.69) is 10.6 Å². The zero-order valence-electron chi connectivity index (χ0n) is 12.3. The van der Waals surface area contributed by atoms with Crippen LogP contribution < -0.4 is 10.6 Å². The summed E-state index contributed by atoms with van der Waals surface area (Å²) >= 11 is 5.84. The zero-order valence-corrected chi connectivity index (χ0v) is 13.1. The molecule has 3 N–H and O–H groups in total. The van der Waals surface area contributed by atoms with Crippen LogP contribution in [0, 0.1) is 18.3 Å². The number of phenolic OH excluding ortho intramolecular Hbond substituents is 1. The predicted molar refractivity (Wildman–Crippen MR) is 90.2 cm³/mol. The summed E-state index contributed by atoms with van der Waals surface area (Å²) in [4.78, 5) is 12.1. The molecule has 2 aromatic carbocycles. The van der Waals surface area contributed by atoms with Gasteiger partial charge in [0.25, 0.3) is 5.91 Å². The van der Waals surface area contributed by atoms with Crippen LogP contribution in [-0.2, 0) is 4.79 Å². The largest absolute Gasteiger partial charge is 0.506 e. The first kappa shape index (κ1) is 16.4. The number of anilines is 2. The highest BCUT2D eigenvalue weighted by molar-refractivity contribution is 6.31. The summed E-state index contributed by atoms with van der Waals surface area (Å²) in [5, 5.41) is 24.7. The van der Waals surface area contributed by atoms with E-state index < -0.39 is 5.91 Å². The number of benzene rings is 2. The van der Waals surface area contributed by atoms with E-state index in [4.69, 9.17) is 16.9 Å². The molecule has 0 aliphatic heterocycles. The lowest BCUT2D eigenvalue weighted by molar-refractivity contribution is -0.112. The molecule has 0 atom stereocenters. The van der Waals surface area contributed by atoms with Crippen LogP contribution in [0.4, 0.5) is 11.4 Å². The van der Waals surface area contributed by atoms with Crippen LogP contribution in [0.1, 0.15) is 5.56 Å². The summed E-state index contributed by atoms with van der Waals surface area (Å²) in [7, 11) is 0. The first-order valence-corrected chi connectivity index (χ1v) is 7.11. The number of aromatic hydroxyl groups is 1. The summed E-state index contributed by atoms with van der Waals surface area (Å²) in [6.45, 7) is 1.85. The molecule has 0 radical (unpaired) electrons. The van der Waals surface area contributed by atoms with Crippen LogP contribution in [0.5, 0.6) is 5.75 Å². The molecule has 2 aromatic rings. The van der Waals surface area contributed by atoms with Gasteiger partial charge in [0.15, 0.2) is 0 Å². The van der Waals surface area contributed by atoms with Gasteiger partial charge in [0.1, 0.15) is 17.4 Å². The maximum absolute atomic E-state index is 12.1. The van der Waals surface area contributed by atoms with Crippen molar-refractivity contribution >= 4 is 28.9 Å². The normalized spacial score (nSPS) is 10.7. The standard InChI is InChI=1S/C17H14ClN3O2/c1-11-5-6-15(16(22)7-11)20-10-12(9-19)17(23)21-14-4-2-3-13(18)8-14/h2-8,10,20,22H,1H3,(H,21,23)/b12-10-. The Kier molecular flexibility index (Phi) is 5.23. The minimum atomic E-state index is -0.575. The molecule has 0 heterocycles. The van der Waals surface area contributed by atoms with E-state index in [1.54, 1.807) is 42.5 Å². The quantitative estimate of drug-likeness (QED) is 0.453. The van der Waals surface area contributed by atoms with E-state index in [0.717, 1.165) is 5.56 Å². The highest BCUT2D eigenvalue weighted by Gasteiger charge is 2.10. The lowest BCUT2D eigenvalue weighted by Gasteiger charge is -2.07. The molecular weight excluding hydrogens is 314 g/mol. The van der Waals surface area contributed by atoms with Gasteiger partial charge >= 0.3 is 0 Å². The van der Waals surface area contributed by atoms with E-state index in [9.17, 15) is 9.90 Å². The van der Waals surface area contributed by atoms with Crippen LogP contribution in [0.25, 0.3) is 0 Å². The topological polar surface area (TPSA) is 85.2 Å². The first-order valence-electron chi connectivity index (χ1n) is 6.73. The van der Waals surface area contributed by atoms with Gasteiger partial charge in [-0.05, 0) is 42.8 Å². The molecule has 0 aromatic heterocycles. The van der Waals surface area contributed by atoms with Crippen molar-refractivity contribution in [1.82, 2.24) is 0 Å². The monoisotopic (exact) mass is 327 g/mol. The second-order valence-corrected chi connectivity index (χ2v) is 5.24. The van der Waals surface area contributed by atoms with Crippen LogP contribution in [0.3, 0.4) is 0 Å². The second-order valence-electron chi connectivity index (χ2n) is 4.80. The number of hydrogen-bond donors (Lipinski definition) is 3. The molecule has 5 nitrogen and oxygen atoms in total. The fourth-order valence-corrected chi connectivity index (χ4v) is 2.02. The molecule has 0 saturated carbocycles. The van der Waals surface area contributed by atoms with Gasteiger partial charge in [-0.1, -0.05) is 23.7 Å². The van der Waals surface area contributed by atoms with E-state index >= 15 is 0 Å². The predicted octanol–water partition coefficient (Wildman–Crippen LogP) is 3.81. The molecule has 0 unspecified atom stereocenters. The van der Waals surface area contributed by atoms with E-state index in [0.29, 0.717) is 16.4 Å². The Hall–Kier alpha value is -2.97. The van der Waals surface area contributed by atoms with Crippen LogP contribution in [0.15, 0.2) is 54.2 Å². The molecule has 0 bridgehead atoms. The van der Waals surface area contributed by atoms with Gasteiger partial charge in [-0.3, -0.25) is 4.79 Å². The molecule has 0 aliphatic rings. The maximum Gasteiger partial charge on any atom is 0.267 e. The number of amides is 1. The van der Waals surface area contributed by atoms with Crippen molar-refractivity contribution < 1.29 is 9.90 Å². The first-order chi connectivity index (χ1) is 11.0. The number of halogens is 1. The van der Waals surface area contributed by atoms with Gasteiger partial charge in [0.2, 0.25) is 0 Å². The van der Waals surface area contributed by atoms with E-state index in [1.807, 2.05) is 13.0 Å². The van der Waals surface area contributed by atoms with Crippen LogP contribution in [0.2, 0.25) is 5.02 Å². The summed E-state index contributed by atoms with van der Waals surface area (Å²) in [6, 6.07) is 13.5. The van der Waals surface area contributed by atoms with Crippen molar-refractivity contribution in [3.63, 3.8) is 0 Å². The number of hydrogen-bond acceptors (Lipinski definition) is 4. The van der Waals surface area contributed by atoms with Crippen molar-refractivity contribution in [1.29, 1.82) is 5.26 Å². The summed E-state index contributed by atoms with van der Waals surface area (Å²) in [5.74, 6) is -0.539. The lowest BCUT2D eigenvalue weighted by Crippen LogP contribution is -2.14. The molecule has 0 spiro atoms. The van der Waals surface area contributed by atoms with Crippen molar-refractivity contribution in [2.45, 2.75) is 6.92 Å². The van der Waals surface area contributed by atoms with Crippen LogP contribution >= 0.6 is 11.6 Å². The Morgan fingerprint density at radius 1 is 1.30 bits per heavy atom. The summed E-state index contributed by atoms with van der Waals surface area (Å²) < 4.78 is 0.